The van der Waals surface area contributed by atoms with Gasteiger partial charge >= 0.3 is 0 Å². The van der Waals surface area contributed by atoms with Crippen LogP contribution in [0.3, 0.4) is 0 Å². The van der Waals surface area contributed by atoms with Gasteiger partial charge in [0.05, 0.1) is 20.1 Å². The number of likely N-dealkylation sites (tertiary alicyclic amines) is 1. The molecule has 3 fully saturated rings. The average molecular weight is 699 g/mol. The van der Waals surface area contributed by atoms with Gasteiger partial charge < -0.3 is 29.7 Å². The third-order valence-electron chi connectivity index (χ3n) is 10.4. The summed E-state index contributed by atoms with van der Waals surface area (Å²) in [5, 5.41) is 2.53. The highest BCUT2D eigenvalue weighted by Gasteiger charge is 2.39. The zero-order chi connectivity index (χ0) is 36.1. The Morgan fingerprint density at radius 1 is 0.922 bits per heavy atom. The van der Waals surface area contributed by atoms with E-state index in [2.05, 4.69) is 12.4 Å². The largest absolute Gasteiger partial charge is 0.484 e. The van der Waals surface area contributed by atoms with Crippen LogP contribution in [-0.4, -0.2) is 97.3 Å². The molecule has 1 aliphatic carbocycles. The number of halogens is 1. The Hall–Kier alpha value is -4.77. The molecule has 2 N–H and O–H groups in total. The van der Waals surface area contributed by atoms with E-state index in [4.69, 9.17) is 4.74 Å². The Labute approximate surface area is 299 Å². The Morgan fingerprint density at radius 2 is 1.69 bits per heavy atom. The number of amides is 4. The van der Waals surface area contributed by atoms with Crippen molar-refractivity contribution >= 4 is 29.3 Å². The fourth-order valence-electron chi connectivity index (χ4n) is 7.75. The van der Waals surface area contributed by atoms with Crippen molar-refractivity contribution in [1.82, 2.24) is 14.7 Å². The number of nitrogens with zero attached hydrogens (tertiary/aromatic N) is 3. The molecule has 4 amide bonds. The van der Waals surface area contributed by atoms with Gasteiger partial charge in [-0.3, -0.25) is 19.2 Å². The minimum absolute atomic E-state index is 0.0464. The second-order valence-electron chi connectivity index (χ2n) is 14.4. The van der Waals surface area contributed by atoms with E-state index >= 15 is 0 Å². The van der Waals surface area contributed by atoms with Crippen LogP contribution >= 0.6 is 0 Å². The van der Waals surface area contributed by atoms with Gasteiger partial charge in [-0.2, -0.15) is 0 Å². The van der Waals surface area contributed by atoms with Crippen molar-refractivity contribution in [2.45, 2.75) is 70.1 Å². The topological polar surface area (TPSA) is 104 Å². The molecule has 10 nitrogen and oxygen atoms in total. The van der Waals surface area contributed by atoms with E-state index in [0.29, 0.717) is 18.0 Å². The lowest BCUT2D eigenvalue weighted by molar-refractivity contribution is -0.867. The van der Waals surface area contributed by atoms with Gasteiger partial charge in [0.25, 0.3) is 11.8 Å². The van der Waals surface area contributed by atoms with Crippen LogP contribution in [0.4, 0.5) is 10.1 Å². The molecule has 3 aliphatic rings. The van der Waals surface area contributed by atoms with Gasteiger partial charge in [0, 0.05) is 56.8 Å². The molecule has 2 saturated heterocycles. The summed E-state index contributed by atoms with van der Waals surface area (Å²) in [5.41, 5.74) is 2.69. The van der Waals surface area contributed by atoms with Crippen LogP contribution in [0.1, 0.15) is 83.2 Å². The second-order valence-corrected chi connectivity index (χ2v) is 14.4. The minimum Gasteiger partial charge on any atom is -0.484 e. The highest BCUT2D eigenvalue weighted by atomic mass is 19.1. The molecule has 0 radical (unpaired) electrons. The van der Waals surface area contributed by atoms with Crippen molar-refractivity contribution in [1.29, 1.82) is 0 Å². The van der Waals surface area contributed by atoms with Crippen molar-refractivity contribution in [3.63, 3.8) is 0 Å². The fraction of sp³-hybridized carbons (Fsp3) is 0.450. The molecule has 1 saturated carbocycles. The van der Waals surface area contributed by atoms with Crippen LogP contribution in [0.2, 0.25) is 0 Å². The monoisotopic (exact) mass is 698 g/mol. The predicted molar refractivity (Wildman–Crippen MR) is 192 cm³/mol. The van der Waals surface area contributed by atoms with Crippen molar-refractivity contribution in [3.8, 4) is 5.75 Å². The van der Waals surface area contributed by atoms with E-state index in [-0.39, 0.29) is 48.8 Å². The summed E-state index contributed by atoms with van der Waals surface area (Å²) in [5.74, 6) is -0.989. The Bertz CT molecular complexity index is 1750. The standard InChI is InChI=1S/C40H48FN5O5/c1-27(47)42-33-21-31(20-32(41)23-33)38(48)45-18-19-46(36(26-45)40(50)44(3)24-28-10-6-4-7-11-28)39(49)30-14-15-37(51-34-16-17-43(2)25-34)35(22-30)29-12-8-5-9-13-29/h4,6-7,10-11,14-15,20-23,29,34,36H,5,8-9,12-13,16-19,24-26H2,1-3H3,(H,42,47)/p+1/t34-,36?/m0/s1. The first-order chi connectivity index (χ1) is 24.5. The summed E-state index contributed by atoms with van der Waals surface area (Å²) >= 11 is 0. The minimum atomic E-state index is -0.974. The molecule has 51 heavy (non-hydrogen) atoms. The SMILES string of the molecule is CC(=O)Nc1cc(F)cc(C(=O)N2CCN(C(=O)c3ccc(O[C@H]4CC[NH+](C)C4)c(C4CCCCC4)c3)C(C(=O)N(C)Cc3ccccc3)C2)c1. The van der Waals surface area contributed by atoms with E-state index in [9.17, 15) is 23.6 Å². The van der Waals surface area contributed by atoms with E-state index in [1.54, 1.807) is 22.9 Å². The van der Waals surface area contributed by atoms with Crippen LogP contribution in [0.5, 0.6) is 5.75 Å². The van der Waals surface area contributed by atoms with Crippen LogP contribution in [-0.2, 0) is 16.1 Å². The molecule has 270 valence electrons. The quantitative estimate of drug-likeness (QED) is 0.350. The lowest BCUT2D eigenvalue weighted by Crippen LogP contribution is -3.07. The number of benzene rings is 3. The van der Waals surface area contributed by atoms with Gasteiger partial charge in [-0.25, -0.2) is 4.39 Å². The number of carbonyl (C=O) groups is 4. The van der Waals surface area contributed by atoms with Gasteiger partial charge in [-0.1, -0.05) is 49.6 Å². The molecule has 2 heterocycles. The Morgan fingerprint density at radius 3 is 2.39 bits per heavy atom. The summed E-state index contributed by atoms with van der Waals surface area (Å²) in [6.45, 7) is 3.84. The number of carbonyl (C=O) groups excluding carboxylic acids is 4. The second kappa shape index (κ2) is 16.1. The number of hydrogen-bond acceptors (Lipinski definition) is 5. The molecule has 0 aromatic heterocycles. The van der Waals surface area contributed by atoms with E-state index in [0.717, 1.165) is 74.2 Å². The van der Waals surface area contributed by atoms with Crippen molar-refractivity contribution in [2.24, 2.45) is 0 Å². The normalized spacial score (nSPS) is 20.9. The third-order valence-corrected chi connectivity index (χ3v) is 10.4. The maximum atomic E-state index is 14.6. The molecule has 0 bridgehead atoms. The molecule has 2 unspecified atom stereocenters. The summed E-state index contributed by atoms with van der Waals surface area (Å²) in [6.07, 6.45) is 6.68. The maximum Gasteiger partial charge on any atom is 0.254 e. The summed E-state index contributed by atoms with van der Waals surface area (Å²) in [7, 11) is 3.87. The number of ether oxygens (including phenoxy) is 1. The highest BCUT2D eigenvalue weighted by molar-refractivity contribution is 6.00. The summed E-state index contributed by atoms with van der Waals surface area (Å²) < 4.78 is 21.1. The van der Waals surface area contributed by atoms with Crippen molar-refractivity contribution in [2.75, 3.05) is 52.1 Å². The molecular weight excluding hydrogens is 649 g/mol. The molecule has 2 aliphatic heterocycles. The number of anilines is 1. The van der Waals surface area contributed by atoms with Gasteiger partial charge in [0.2, 0.25) is 11.8 Å². The first-order valence-electron chi connectivity index (χ1n) is 18.1. The van der Waals surface area contributed by atoms with Crippen LogP contribution in [0.25, 0.3) is 0 Å². The fourth-order valence-corrected chi connectivity index (χ4v) is 7.75. The molecule has 3 aromatic rings. The summed E-state index contributed by atoms with van der Waals surface area (Å²) in [4.78, 5) is 60.2. The van der Waals surface area contributed by atoms with Crippen LogP contribution in [0, 0.1) is 5.82 Å². The summed E-state index contributed by atoms with van der Waals surface area (Å²) in [6, 6.07) is 18.0. The first-order valence-corrected chi connectivity index (χ1v) is 18.1. The molecule has 3 aromatic carbocycles. The molecule has 11 heteroatoms. The highest BCUT2D eigenvalue weighted by Crippen LogP contribution is 2.39. The molecule has 0 spiro atoms. The number of quaternary nitrogens is 1. The maximum absolute atomic E-state index is 14.6. The van der Waals surface area contributed by atoms with E-state index in [1.807, 2.05) is 42.5 Å². The van der Waals surface area contributed by atoms with Gasteiger partial charge in [0.1, 0.15) is 24.2 Å². The van der Waals surface area contributed by atoms with Crippen molar-refractivity contribution in [3.05, 3.63) is 94.8 Å². The predicted octanol–water partition coefficient (Wildman–Crippen LogP) is 4.12. The lowest BCUT2D eigenvalue weighted by Gasteiger charge is -2.42. The zero-order valence-electron chi connectivity index (χ0n) is 29.8. The number of piperazine rings is 1. The van der Waals surface area contributed by atoms with Crippen LogP contribution in [0.15, 0.2) is 66.7 Å². The number of nitrogens with one attached hydrogen (secondary N) is 2. The molecule has 3 atom stereocenters. The smallest absolute Gasteiger partial charge is 0.254 e. The van der Waals surface area contributed by atoms with E-state index < -0.39 is 23.7 Å². The Kier molecular flexibility index (Phi) is 11.3. The van der Waals surface area contributed by atoms with Gasteiger partial charge in [0.15, 0.2) is 6.10 Å². The van der Waals surface area contributed by atoms with E-state index in [1.165, 1.54) is 29.2 Å². The lowest BCUT2D eigenvalue weighted by atomic mass is 9.83. The Balaban J connectivity index is 1.29. The number of rotatable bonds is 9. The number of likely N-dealkylation sites (N-methyl/N-ethyl adjacent to an activating group) is 2. The first kappa shape index (κ1) is 36.0. The van der Waals surface area contributed by atoms with Gasteiger partial charge in [-0.05, 0) is 66.3 Å². The number of hydrogen-bond donors (Lipinski definition) is 2. The zero-order valence-corrected chi connectivity index (χ0v) is 29.8. The third kappa shape index (κ3) is 8.76. The average Bonchev–Trinajstić information content (AvgIpc) is 3.54. The van der Waals surface area contributed by atoms with Crippen molar-refractivity contribution < 1.29 is 33.2 Å². The molecule has 6 rings (SSSR count). The molecular formula is C40H49FN5O5+. The van der Waals surface area contributed by atoms with Crippen LogP contribution < -0.4 is 15.0 Å². The van der Waals surface area contributed by atoms with Gasteiger partial charge in [-0.15, -0.1) is 0 Å².